The molecule has 0 N–H and O–H groups in total. The van der Waals surface area contributed by atoms with Gasteiger partial charge >= 0.3 is 0 Å². The molecule has 256 valence electrons. The maximum absolute atomic E-state index is 2.98. The highest BCUT2D eigenvalue weighted by molar-refractivity contribution is 7.78. The van der Waals surface area contributed by atoms with Gasteiger partial charge < -0.3 is 9.80 Å². The molecule has 3 aliphatic carbocycles. The van der Waals surface area contributed by atoms with Gasteiger partial charge in [-0.3, -0.25) is 0 Å². The average Bonchev–Trinajstić information content (AvgIpc) is 3.45. The largest absolute Gasteiger partial charge is 0.326 e. The van der Waals surface area contributed by atoms with E-state index in [0.717, 1.165) is 24.4 Å². The van der Waals surface area contributed by atoms with Crippen LogP contribution in [-0.4, -0.2) is 35.6 Å². The summed E-state index contributed by atoms with van der Waals surface area (Å²) in [5, 5.41) is 0. The lowest BCUT2D eigenvalue weighted by Gasteiger charge is -2.54. The van der Waals surface area contributed by atoms with Gasteiger partial charge in [-0.1, -0.05) is 111 Å². The summed E-state index contributed by atoms with van der Waals surface area (Å²) < 4.78 is 0. The molecule has 3 heteroatoms. The molecular formula is C44H65N2P. The summed E-state index contributed by atoms with van der Waals surface area (Å²) in [6.45, 7) is 19.2. The second-order valence-corrected chi connectivity index (χ2v) is 20.4. The Morgan fingerprint density at radius 2 is 1.02 bits per heavy atom. The predicted octanol–water partition coefficient (Wildman–Crippen LogP) is 12.5. The van der Waals surface area contributed by atoms with Crippen LogP contribution in [0.1, 0.15) is 137 Å². The number of anilines is 2. The maximum atomic E-state index is 2.98. The highest BCUT2D eigenvalue weighted by Gasteiger charge is 2.51. The fourth-order valence-electron chi connectivity index (χ4n) is 10.8. The van der Waals surface area contributed by atoms with Crippen molar-refractivity contribution in [1.82, 2.24) is 0 Å². The fraction of sp³-hybridized carbons (Fsp3) is 0.614. The Morgan fingerprint density at radius 3 is 1.45 bits per heavy atom. The second kappa shape index (κ2) is 14.7. The number of allylic oxidation sites excluding steroid dienone is 4. The van der Waals surface area contributed by atoms with E-state index in [0.29, 0.717) is 5.66 Å². The standard InChI is InChI=1S/C44H65N2P/c1-31(2)23-24-38-17-15-16-22-41(38)47(39-18-11-9-12-19-39,40-20-13-10-14-21-40)44-45(42-34(5)27-32(3)28-35(42)6)25-26-46(44)43-36(7)29-33(4)30-37(43)8/h23-24,27-30,39-41H,9-22,25-26H2,1-8H3. The van der Waals surface area contributed by atoms with E-state index >= 15 is 0 Å². The van der Waals surface area contributed by atoms with E-state index < -0.39 is 6.89 Å². The van der Waals surface area contributed by atoms with Crippen molar-refractivity contribution in [3.05, 3.63) is 80.9 Å². The Morgan fingerprint density at radius 1 is 0.596 bits per heavy atom. The van der Waals surface area contributed by atoms with Gasteiger partial charge in [0.05, 0.1) is 0 Å². The minimum absolute atomic E-state index is 0.716. The summed E-state index contributed by atoms with van der Waals surface area (Å²) in [7, 11) is 0. The Hall–Kier alpha value is -2.18. The SMILES string of the molecule is CC(C)=CC=C1CCCCC1P(=C1N(c2c(C)cc(C)cc2C)CCN1c1c(C)cc(C)cc1C)(C1CCCCC1)C1CCCCC1. The first-order valence-electron chi connectivity index (χ1n) is 19.4. The molecule has 2 aromatic rings. The zero-order chi connectivity index (χ0) is 33.3. The van der Waals surface area contributed by atoms with Gasteiger partial charge in [0.2, 0.25) is 0 Å². The third-order valence-electron chi connectivity index (χ3n) is 12.3. The molecule has 2 nitrogen and oxygen atoms in total. The monoisotopic (exact) mass is 652 g/mol. The molecule has 1 saturated heterocycles. The molecule has 4 aliphatic rings. The van der Waals surface area contributed by atoms with Gasteiger partial charge in [-0.05, 0) is 134 Å². The van der Waals surface area contributed by atoms with Crippen molar-refractivity contribution in [2.75, 3.05) is 22.9 Å². The normalized spacial score (nSPS) is 22.8. The quantitative estimate of drug-likeness (QED) is 0.287. The first kappa shape index (κ1) is 34.7. The molecule has 0 bridgehead atoms. The van der Waals surface area contributed by atoms with Crippen LogP contribution in [0.25, 0.3) is 0 Å². The third-order valence-corrected chi connectivity index (χ3v) is 18.6. The zero-order valence-corrected chi connectivity index (χ0v) is 32.2. The molecule has 4 fully saturated rings. The highest BCUT2D eigenvalue weighted by atomic mass is 31.2. The number of hydrogen-bond donors (Lipinski definition) is 0. The molecule has 2 aromatic carbocycles. The number of rotatable bonds is 6. The van der Waals surface area contributed by atoms with Crippen LogP contribution in [-0.2, 0) is 0 Å². The van der Waals surface area contributed by atoms with E-state index in [1.807, 2.05) is 11.1 Å². The molecule has 6 rings (SSSR count). The Labute approximate surface area is 289 Å². The number of hydrogen-bond acceptors (Lipinski definition) is 0. The van der Waals surface area contributed by atoms with Gasteiger partial charge in [-0.15, -0.1) is 0 Å². The van der Waals surface area contributed by atoms with Gasteiger partial charge in [0, 0.05) is 30.1 Å². The van der Waals surface area contributed by atoms with Crippen LogP contribution < -0.4 is 9.80 Å². The Balaban J connectivity index is 1.77. The van der Waals surface area contributed by atoms with E-state index in [4.69, 9.17) is 0 Å². The molecule has 0 spiro atoms. The molecule has 1 aliphatic heterocycles. The molecule has 0 amide bonds. The summed E-state index contributed by atoms with van der Waals surface area (Å²) >= 11 is 0. The summed E-state index contributed by atoms with van der Waals surface area (Å²) in [5.41, 5.74) is 19.2. The lowest BCUT2D eigenvalue weighted by atomic mass is 9.93. The van der Waals surface area contributed by atoms with E-state index in [2.05, 4.69) is 102 Å². The van der Waals surface area contributed by atoms with Crippen LogP contribution in [0.15, 0.2) is 47.6 Å². The molecular weight excluding hydrogens is 587 g/mol. The smallest absolute Gasteiger partial charge is 0.109 e. The fourth-order valence-corrected chi connectivity index (χ4v) is 18.4. The van der Waals surface area contributed by atoms with Crippen molar-refractivity contribution in [2.45, 2.75) is 162 Å². The van der Waals surface area contributed by atoms with Gasteiger partial charge in [-0.25, -0.2) is 0 Å². The lowest BCUT2D eigenvalue weighted by Crippen LogP contribution is -2.45. The summed E-state index contributed by atoms with van der Waals surface area (Å²) in [6.07, 6.45) is 24.9. The minimum Gasteiger partial charge on any atom is -0.326 e. The van der Waals surface area contributed by atoms with Gasteiger partial charge in [0.15, 0.2) is 0 Å². The molecule has 1 heterocycles. The summed E-state index contributed by atoms with van der Waals surface area (Å²) in [5.74, 6) is 0. The van der Waals surface area contributed by atoms with Gasteiger partial charge in [0.1, 0.15) is 5.54 Å². The van der Waals surface area contributed by atoms with E-state index in [9.17, 15) is 0 Å². The molecule has 3 saturated carbocycles. The van der Waals surface area contributed by atoms with E-state index in [-0.39, 0.29) is 0 Å². The molecule has 1 atom stereocenters. The molecule has 0 aromatic heterocycles. The van der Waals surface area contributed by atoms with Crippen molar-refractivity contribution in [3.63, 3.8) is 0 Å². The zero-order valence-electron chi connectivity index (χ0n) is 31.4. The van der Waals surface area contributed by atoms with Crippen molar-refractivity contribution < 1.29 is 0 Å². The van der Waals surface area contributed by atoms with Crippen molar-refractivity contribution >= 4 is 23.8 Å². The molecule has 1 unspecified atom stereocenters. The maximum Gasteiger partial charge on any atom is 0.109 e. The minimum atomic E-state index is -1.76. The van der Waals surface area contributed by atoms with Gasteiger partial charge in [-0.2, -0.15) is 0 Å². The third kappa shape index (κ3) is 6.72. The van der Waals surface area contributed by atoms with Crippen molar-refractivity contribution in [3.8, 4) is 0 Å². The number of aryl methyl sites for hydroxylation is 6. The number of nitrogens with zero attached hydrogens (tertiary/aromatic N) is 2. The van der Waals surface area contributed by atoms with Crippen LogP contribution in [0.3, 0.4) is 0 Å². The lowest BCUT2D eigenvalue weighted by molar-refractivity contribution is 0.474. The van der Waals surface area contributed by atoms with E-state index in [1.54, 1.807) is 0 Å². The van der Waals surface area contributed by atoms with Gasteiger partial charge in [0.25, 0.3) is 0 Å². The second-order valence-electron chi connectivity index (χ2n) is 16.3. The highest BCUT2D eigenvalue weighted by Crippen LogP contribution is 2.72. The summed E-state index contributed by atoms with van der Waals surface area (Å²) in [4.78, 5) is 5.96. The Kier molecular flexibility index (Phi) is 10.9. The van der Waals surface area contributed by atoms with Crippen LogP contribution in [0.2, 0.25) is 0 Å². The molecule has 47 heavy (non-hydrogen) atoms. The van der Waals surface area contributed by atoms with E-state index in [1.165, 1.54) is 140 Å². The molecule has 0 radical (unpaired) electrons. The summed E-state index contributed by atoms with van der Waals surface area (Å²) in [6, 6.07) is 9.86. The predicted molar refractivity (Wildman–Crippen MR) is 211 cm³/mol. The van der Waals surface area contributed by atoms with Crippen molar-refractivity contribution in [2.24, 2.45) is 0 Å². The first-order chi connectivity index (χ1) is 22.6. The Bertz CT molecular complexity index is 1420. The average molecular weight is 653 g/mol. The first-order valence-corrected chi connectivity index (χ1v) is 21.4. The van der Waals surface area contributed by atoms with Crippen LogP contribution in [0, 0.1) is 41.5 Å². The number of benzene rings is 2. The topological polar surface area (TPSA) is 6.48 Å². The van der Waals surface area contributed by atoms with Crippen LogP contribution in [0.5, 0.6) is 0 Å². The van der Waals surface area contributed by atoms with Crippen LogP contribution >= 0.6 is 6.89 Å². The van der Waals surface area contributed by atoms with Crippen molar-refractivity contribution in [1.29, 1.82) is 0 Å². The van der Waals surface area contributed by atoms with Crippen LogP contribution in [0.4, 0.5) is 11.4 Å².